The van der Waals surface area contributed by atoms with Gasteiger partial charge in [0.15, 0.2) is 5.78 Å². The van der Waals surface area contributed by atoms with Crippen LogP contribution in [0.25, 0.3) is 11.6 Å². The fourth-order valence-electron chi connectivity index (χ4n) is 1.74. The number of carbonyl (C=O) groups is 1. The smallest absolute Gasteiger partial charge is 0.307 e. The second kappa shape index (κ2) is 3.85. The average Bonchev–Trinajstić information content (AvgIpc) is 2.91. The largest absolute Gasteiger partial charge is 0.493 e. The summed E-state index contributed by atoms with van der Waals surface area (Å²) in [5, 5.41) is 9.50. The Morgan fingerprint density at radius 3 is 2.89 bits per heavy atom. The molecule has 5 nitrogen and oxygen atoms in total. The number of aromatic amines is 1. The summed E-state index contributed by atoms with van der Waals surface area (Å²) in [5.41, 5.74) is 1.12. The number of carbonyl (C=O) groups excluding carboxylic acids is 1. The Hall–Kier alpha value is -2.34. The first-order valence-electron chi connectivity index (χ1n) is 5.09. The van der Waals surface area contributed by atoms with Crippen LogP contribution in [0.4, 0.5) is 0 Å². The van der Waals surface area contributed by atoms with Gasteiger partial charge in [0, 0.05) is 5.57 Å². The molecule has 0 aliphatic heterocycles. The van der Waals surface area contributed by atoms with Gasteiger partial charge in [0.2, 0.25) is 5.88 Å². The van der Waals surface area contributed by atoms with Crippen molar-refractivity contribution in [2.75, 3.05) is 0 Å². The third kappa shape index (κ3) is 1.63. The van der Waals surface area contributed by atoms with Crippen molar-refractivity contribution in [1.82, 2.24) is 4.98 Å². The minimum Gasteiger partial charge on any atom is -0.493 e. The van der Waals surface area contributed by atoms with E-state index in [1.165, 1.54) is 12.3 Å². The monoisotopic (exact) mass is 261 g/mol. The highest BCUT2D eigenvalue weighted by molar-refractivity contribution is 7.10. The fraction of sp³-hybridized carbons (Fsp3) is 0. The molecule has 2 N–H and O–H groups in total. The average molecular weight is 261 g/mol. The van der Waals surface area contributed by atoms with E-state index in [4.69, 9.17) is 4.42 Å². The number of aromatic hydroxyl groups is 1. The lowest BCUT2D eigenvalue weighted by Gasteiger charge is -2.05. The number of thiazole rings is 1. The first-order valence-corrected chi connectivity index (χ1v) is 5.91. The van der Waals surface area contributed by atoms with Crippen LogP contribution in [0.2, 0.25) is 0 Å². The molecular weight excluding hydrogens is 254 g/mol. The normalized spacial score (nSPS) is 16.2. The number of nitrogens with one attached hydrogen (secondary N) is 1. The third-order valence-corrected chi connectivity index (χ3v) is 3.37. The molecule has 3 rings (SSSR count). The van der Waals surface area contributed by atoms with E-state index in [1.807, 2.05) is 0 Å². The van der Waals surface area contributed by atoms with Crippen molar-refractivity contribution in [3.8, 4) is 5.88 Å². The van der Waals surface area contributed by atoms with Gasteiger partial charge in [-0.3, -0.25) is 14.6 Å². The van der Waals surface area contributed by atoms with Gasteiger partial charge in [-0.05, 0) is 24.3 Å². The fourth-order valence-corrected chi connectivity index (χ4v) is 2.42. The third-order valence-electron chi connectivity index (χ3n) is 2.55. The van der Waals surface area contributed by atoms with Crippen LogP contribution in [0.1, 0.15) is 21.0 Å². The zero-order chi connectivity index (χ0) is 12.7. The first-order chi connectivity index (χ1) is 8.65. The lowest BCUT2D eigenvalue weighted by molar-refractivity contribution is 0.104. The van der Waals surface area contributed by atoms with Crippen molar-refractivity contribution in [2.45, 2.75) is 0 Å². The molecule has 2 heterocycles. The zero-order valence-electron chi connectivity index (χ0n) is 8.97. The maximum absolute atomic E-state index is 11.5. The molecule has 0 saturated carbocycles. The molecule has 0 spiro atoms. The first kappa shape index (κ1) is 10.8. The molecule has 0 saturated heterocycles. The number of allylic oxidation sites excluding steroid dienone is 3. The van der Waals surface area contributed by atoms with Gasteiger partial charge in [0.05, 0.1) is 16.7 Å². The van der Waals surface area contributed by atoms with E-state index in [9.17, 15) is 14.7 Å². The van der Waals surface area contributed by atoms with E-state index in [0.29, 0.717) is 21.8 Å². The number of H-pyrrole nitrogens is 1. The predicted octanol–water partition coefficient (Wildman–Crippen LogP) is 2.03. The zero-order valence-corrected chi connectivity index (χ0v) is 9.78. The molecule has 0 fully saturated rings. The molecule has 0 aromatic carbocycles. The molecule has 2 aromatic heterocycles. The summed E-state index contributed by atoms with van der Waals surface area (Å²) >= 11 is 0.888. The maximum atomic E-state index is 11.5. The van der Waals surface area contributed by atoms with Gasteiger partial charge in [-0.2, -0.15) is 0 Å². The molecule has 2 aromatic rings. The quantitative estimate of drug-likeness (QED) is 0.822. The molecular formula is C12H7NO4S. The second-order valence-corrected chi connectivity index (χ2v) is 4.70. The Labute approximate surface area is 105 Å². The van der Waals surface area contributed by atoms with Crippen LogP contribution in [0, 0.1) is 0 Å². The molecule has 18 heavy (non-hydrogen) atoms. The number of aromatic nitrogens is 1. The van der Waals surface area contributed by atoms with Crippen LogP contribution in [-0.2, 0) is 0 Å². The van der Waals surface area contributed by atoms with Crippen LogP contribution in [0.5, 0.6) is 5.88 Å². The Bertz CT molecular complexity index is 744. The van der Waals surface area contributed by atoms with Crippen molar-refractivity contribution in [3.05, 3.63) is 50.3 Å². The van der Waals surface area contributed by atoms with E-state index in [2.05, 4.69) is 4.98 Å². The highest BCUT2D eigenvalue weighted by Crippen LogP contribution is 2.30. The van der Waals surface area contributed by atoms with Crippen molar-refractivity contribution < 1.29 is 14.3 Å². The Balaban J connectivity index is 2.14. The van der Waals surface area contributed by atoms with E-state index in [0.717, 1.165) is 11.3 Å². The molecule has 90 valence electrons. The predicted molar refractivity (Wildman–Crippen MR) is 66.7 cm³/mol. The van der Waals surface area contributed by atoms with Gasteiger partial charge in [0.1, 0.15) is 5.76 Å². The molecule has 0 atom stereocenters. The van der Waals surface area contributed by atoms with Crippen molar-refractivity contribution >= 4 is 28.8 Å². The van der Waals surface area contributed by atoms with Gasteiger partial charge in [-0.15, -0.1) is 0 Å². The lowest BCUT2D eigenvalue weighted by Crippen LogP contribution is -2.01. The van der Waals surface area contributed by atoms with E-state index in [1.54, 1.807) is 18.2 Å². The maximum Gasteiger partial charge on any atom is 0.307 e. The highest BCUT2D eigenvalue weighted by Gasteiger charge is 2.20. The summed E-state index contributed by atoms with van der Waals surface area (Å²) in [7, 11) is 0. The highest BCUT2D eigenvalue weighted by atomic mass is 32.1. The van der Waals surface area contributed by atoms with Gasteiger partial charge in [-0.25, -0.2) is 0 Å². The molecule has 0 amide bonds. The lowest BCUT2D eigenvalue weighted by atomic mass is 9.99. The molecule has 1 aliphatic carbocycles. The number of rotatable bonds is 1. The number of furan rings is 1. The van der Waals surface area contributed by atoms with Crippen LogP contribution in [0.15, 0.2) is 33.7 Å². The van der Waals surface area contributed by atoms with Crippen LogP contribution < -0.4 is 4.87 Å². The van der Waals surface area contributed by atoms with E-state index < -0.39 is 0 Å². The molecule has 0 radical (unpaired) electrons. The second-order valence-electron chi connectivity index (χ2n) is 3.69. The van der Waals surface area contributed by atoms with Crippen molar-refractivity contribution in [3.63, 3.8) is 0 Å². The standard InChI is InChI=1S/C12H7NO4S/c14-8-2-1-6(10-7(8)3-4-17-10)5-9-11(15)13-12(16)18-9/h1-5,15H,(H,13,16)/b6-5+. The van der Waals surface area contributed by atoms with Crippen LogP contribution in [-0.4, -0.2) is 15.9 Å². The molecule has 0 unspecified atom stereocenters. The van der Waals surface area contributed by atoms with Crippen LogP contribution in [0.3, 0.4) is 0 Å². The minimum atomic E-state index is -0.338. The van der Waals surface area contributed by atoms with Gasteiger partial charge in [-0.1, -0.05) is 11.3 Å². The van der Waals surface area contributed by atoms with E-state index >= 15 is 0 Å². The van der Waals surface area contributed by atoms with Crippen LogP contribution >= 0.6 is 11.3 Å². The molecule has 0 bridgehead atoms. The Kier molecular flexibility index (Phi) is 2.31. The van der Waals surface area contributed by atoms with Gasteiger partial charge < -0.3 is 9.52 Å². The van der Waals surface area contributed by atoms with Crippen molar-refractivity contribution in [2.24, 2.45) is 0 Å². The number of hydrogen-bond donors (Lipinski definition) is 2. The molecule has 6 heteroatoms. The Morgan fingerprint density at radius 1 is 1.33 bits per heavy atom. The number of fused-ring (bicyclic) bond motifs is 1. The van der Waals surface area contributed by atoms with E-state index in [-0.39, 0.29) is 16.5 Å². The summed E-state index contributed by atoms with van der Waals surface area (Å²) in [5.74, 6) is 0.140. The minimum absolute atomic E-state index is 0.123. The summed E-state index contributed by atoms with van der Waals surface area (Å²) in [6.07, 6.45) is 6.06. The van der Waals surface area contributed by atoms with Gasteiger partial charge in [0.25, 0.3) is 0 Å². The summed E-state index contributed by atoms with van der Waals surface area (Å²) in [6.45, 7) is 0. The topological polar surface area (TPSA) is 83.3 Å². The number of hydrogen-bond acceptors (Lipinski definition) is 5. The molecule has 1 aliphatic rings. The summed E-state index contributed by atoms with van der Waals surface area (Å²) in [4.78, 5) is 25.0. The SMILES string of the molecule is O=C1C=C/C(=C\c2sc(=O)[nH]c2O)c2occc21. The van der Waals surface area contributed by atoms with Crippen molar-refractivity contribution in [1.29, 1.82) is 0 Å². The van der Waals surface area contributed by atoms with Gasteiger partial charge >= 0.3 is 4.87 Å². The number of ketones is 1. The Morgan fingerprint density at radius 2 is 2.17 bits per heavy atom. The summed E-state index contributed by atoms with van der Waals surface area (Å²) in [6, 6.07) is 1.59. The summed E-state index contributed by atoms with van der Waals surface area (Å²) < 4.78 is 5.25.